The van der Waals surface area contributed by atoms with Gasteiger partial charge in [0.2, 0.25) is 11.8 Å². The normalized spacial score (nSPS) is 10.5. The molecule has 122 valence electrons. The van der Waals surface area contributed by atoms with E-state index in [4.69, 9.17) is 4.42 Å². The van der Waals surface area contributed by atoms with Crippen molar-refractivity contribution < 1.29 is 14.3 Å². The third kappa shape index (κ3) is 4.14. The minimum atomic E-state index is -0.221. The number of amides is 1. The number of phenols is 1. The summed E-state index contributed by atoms with van der Waals surface area (Å²) < 4.78 is 5.57. The van der Waals surface area contributed by atoms with Crippen molar-refractivity contribution in [3.05, 3.63) is 54.1 Å². The van der Waals surface area contributed by atoms with Gasteiger partial charge in [-0.1, -0.05) is 35.5 Å². The lowest BCUT2D eigenvalue weighted by atomic mass is 10.1. The lowest BCUT2D eigenvalue weighted by Crippen LogP contribution is -2.13. The van der Waals surface area contributed by atoms with Gasteiger partial charge in [-0.3, -0.25) is 4.79 Å². The number of nitrogens with zero attached hydrogens (tertiary/aromatic N) is 2. The molecule has 0 spiro atoms. The Bertz CT molecular complexity index is 864. The van der Waals surface area contributed by atoms with E-state index in [0.29, 0.717) is 16.8 Å². The van der Waals surface area contributed by atoms with E-state index in [1.54, 1.807) is 12.1 Å². The lowest BCUT2D eigenvalue weighted by molar-refractivity contribution is -0.113. The SMILES string of the molecule is Cc1cccc(-c2nnc(SCC(=O)Nc3cccc(O)c3)o2)c1. The number of anilines is 1. The monoisotopic (exact) mass is 341 g/mol. The van der Waals surface area contributed by atoms with Crippen LogP contribution >= 0.6 is 11.8 Å². The number of phenolic OH excluding ortho intramolecular Hbond substituents is 1. The Kier molecular flexibility index (Phi) is 4.81. The van der Waals surface area contributed by atoms with Gasteiger partial charge in [-0.25, -0.2) is 0 Å². The molecule has 0 saturated carbocycles. The van der Waals surface area contributed by atoms with Gasteiger partial charge in [0.05, 0.1) is 5.75 Å². The smallest absolute Gasteiger partial charge is 0.277 e. The predicted molar refractivity (Wildman–Crippen MR) is 91.9 cm³/mol. The van der Waals surface area contributed by atoms with Crippen LogP contribution in [0.25, 0.3) is 11.5 Å². The zero-order chi connectivity index (χ0) is 16.9. The number of aromatic nitrogens is 2. The molecule has 1 aromatic heterocycles. The number of carbonyl (C=O) groups excluding carboxylic acids is 1. The second kappa shape index (κ2) is 7.18. The van der Waals surface area contributed by atoms with Gasteiger partial charge >= 0.3 is 0 Å². The Morgan fingerprint density at radius 3 is 2.83 bits per heavy atom. The van der Waals surface area contributed by atoms with E-state index in [2.05, 4.69) is 15.5 Å². The van der Waals surface area contributed by atoms with E-state index < -0.39 is 0 Å². The first-order chi connectivity index (χ1) is 11.6. The van der Waals surface area contributed by atoms with Gasteiger partial charge < -0.3 is 14.8 Å². The van der Waals surface area contributed by atoms with Gasteiger partial charge in [0.15, 0.2) is 0 Å². The van der Waals surface area contributed by atoms with Crippen molar-refractivity contribution in [3.8, 4) is 17.2 Å². The molecule has 0 bridgehead atoms. The molecule has 3 aromatic rings. The minimum Gasteiger partial charge on any atom is -0.508 e. The summed E-state index contributed by atoms with van der Waals surface area (Å²) in [7, 11) is 0. The second-order valence-corrected chi connectivity index (χ2v) is 6.06. The van der Waals surface area contributed by atoms with Gasteiger partial charge in [0.1, 0.15) is 5.75 Å². The Morgan fingerprint density at radius 1 is 1.21 bits per heavy atom. The second-order valence-electron chi connectivity index (χ2n) is 5.13. The molecule has 2 aromatic carbocycles. The molecule has 7 heteroatoms. The Hall–Kier alpha value is -2.80. The number of nitrogens with one attached hydrogen (secondary N) is 1. The molecule has 0 atom stereocenters. The van der Waals surface area contributed by atoms with Crippen LogP contribution < -0.4 is 5.32 Å². The average Bonchev–Trinajstić information content (AvgIpc) is 3.02. The average molecular weight is 341 g/mol. The molecule has 2 N–H and O–H groups in total. The summed E-state index contributed by atoms with van der Waals surface area (Å²) in [4.78, 5) is 11.9. The molecule has 1 heterocycles. The zero-order valence-electron chi connectivity index (χ0n) is 12.9. The molecular formula is C17H15N3O3S. The van der Waals surface area contributed by atoms with Crippen molar-refractivity contribution in [1.82, 2.24) is 10.2 Å². The number of aryl methyl sites for hydroxylation is 1. The van der Waals surface area contributed by atoms with E-state index in [9.17, 15) is 9.90 Å². The van der Waals surface area contributed by atoms with E-state index in [1.165, 1.54) is 12.1 Å². The first-order valence-corrected chi connectivity index (χ1v) is 8.21. The van der Waals surface area contributed by atoms with Crippen molar-refractivity contribution in [1.29, 1.82) is 0 Å². The van der Waals surface area contributed by atoms with Crippen LogP contribution in [0, 0.1) is 6.92 Å². The number of hydrogen-bond acceptors (Lipinski definition) is 6. The molecule has 6 nitrogen and oxygen atoms in total. The van der Waals surface area contributed by atoms with Crippen LogP contribution in [-0.2, 0) is 4.79 Å². The zero-order valence-corrected chi connectivity index (χ0v) is 13.7. The largest absolute Gasteiger partial charge is 0.508 e. The van der Waals surface area contributed by atoms with E-state index in [1.807, 2.05) is 31.2 Å². The topological polar surface area (TPSA) is 88.2 Å². The van der Waals surface area contributed by atoms with Crippen LogP contribution in [0.3, 0.4) is 0 Å². The fraction of sp³-hybridized carbons (Fsp3) is 0.118. The van der Waals surface area contributed by atoms with Crippen molar-refractivity contribution in [3.63, 3.8) is 0 Å². The first-order valence-electron chi connectivity index (χ1n) is 7.22. The van der Waals surface area contributed by atoms with E-state index >= 15 is 0 Å². The van der Waals surface area contributed by atoms with Crippen LogP contribution in [0.2, 0.25) is 0 Å². The highest BCUT2D eigenvalue weighted by atomic mass is 32.2. The maximum Gasteiger partial charge on any atom is 0.277 e. The molecule has 0 aliphatic rings. The first kappa shape index (κ1) is 16.1. The van der Waals surface area contributed by atoms with Gasteiger partial charge in [-0.05, 0) is 31.2 Å². The molecule has 0 aliphatic heterocycles. The molecule has 0 saturated heterocycles. The number of aromatic hydroxyl groups is 1. The highest BCUT2D eigenvalue weighted by Crippen LogP contribution is 2.24. The summed E-state index contributed by atoms with van der Waals surface area (Å²) in [5.74, 6) is 0.432. The summed E-state index contributed by atoms with van der Waals surface area (Å²) in [5.41, 5.74) is 2.48. The molecule has 1 amide bonds. The molecule has 0 fully saturated rings. The maximum atomic E-state index is 11.9. The number of carbonyl (C=O) groups is 1. The molecule has 0 unspecified atom stereocenters. The van der Waals surface area contributed by atoms with Crippen molar-refractivity contribution in [2.75, 3.05) is 11.1 Å². The lowest BCUT2D eigenvalue weighted by Gasteiger charge is -2.03. The fourth-order valence-corrected chi connectivity index (χ4v) is 2.63. The quantitative estimate of drug-likeness (QED) is 0.691. The Morgan fingerprint density at radius 2 is 2.04 bits per heavy atom. The third-order valence-corrected chi connectivity index (χ3v) is 3.95. The van der Waals surface area contributed by atoms with Crippen LogP contribution in [0.15, 0.2) is 58.2 Å². The maximum absolute atomic E-state index is 11.9. The standard InChI is InChI=1S/C17H15N3O3S/c1-11-4-2-5-12(8-11)16-19-20-17(23-16)24-10-15(22)18-13-6-3-7-14(21)9-13/h2-9,21H,10H2,1H3,(H,18,22). The summed E-state index contributed by atoms with van der Waals surface area (Å²) in [5, 5.41) is 20.3. The fourth-order valence-electron chi connectivity index (χ4n) is 2.07. The molecule has 0 radical (unpaired) electrons. The van der Waals surface area contributed by atoms with Gasteiger partial charge in [0, 0.05) is 17.3 Å². The summed E-state index contributed by atoms with van der Waals surface area (Å²) in [6.07, 6.45) is 0. The minimum absolute atomic E-state index is 0.0974. The van der Waals surface area contributed by atoms with Crippen LogP contribution in [0.5, 0.6) is 5.75 Å². The van der Waals surface area contributed by atoms with Crippen molar-refractivity contribution >= 4 is 23.4 Å². The predicted octanol–water partition coefficient (Wildman–Crippen LogP) is 3.48. The van der Waals surface area contributed by atoms with E-state index in [-0.39, 0.29) is 17.4 Å². The highest BCUT2D eigenvalue weighted by Gasteiger charge is 2.11. The van der Waals surface area contributed by atoms with Crippen molar-refractivity contribution in [2.45, 2.75) is 12.1 Å². The summed E-state index contributed by atoms with van der Waals surface area (Å²) >= 11 is 1.16. The number of rotatable bonds is 5. The number of hydrogen-bond donors (Lipinski definition) is 2. The molecular weight excluding hydrogens is 326 g/mol. The van der Waals surface area contributed by atoms with Gasteiger partial charge in [-0.2, -0.15) is 0 Å². The summed E-state index contributed by atoms with van der Waals surface area (Å²) in [6, 6.07) is 14.1. The Labute approximate surface area is 142 Å². The summed E-state index contributed by atoms with van der Waals surface area (Å²) in [6.45, 7) is 1.99. The van der Waals surface area contributed by atoms with Gasteiger partial charge in [0.25, 0.3) is 5.22 Å². The molecule has 0 aliphatic carbocycles. The van der Waals surface area contributed by atoms with Crippen molar-refractivity contribution in [2.24, 2.45) is 0 Å². The van der Waals surface area contributed by atoms with E-state index in [0.717, 1.165) is 22.9 Å². The van der Waals surface area contributed by atoms with Crippen LogP contribution in [0.4, 0.5) is 5.69 Å². The number of thioether (sulfide) groups is 1. The Balaban J connectivity index is 1.58. The van der Waals surface area contributed by atoms with Crippen LogP contribution in [-0.4, -0.2) is 27.0 Å². The highest BCUT2D eigenvalue weighted by molar-refractivity contribution is 7.99. The number of benzene rings is 2. The molecule has 3 rings (SSSR count). The van der Waals surface area contributed by atoms with Crippen LogP contribution in [0.1, 0.15) is 5.56 Å². The molecule has 24 heavy (non-hydrogen) atoms. The third-order valence-electron chi connectivity index (χ3n) is 3.13. The van der Waals surface area contributed by atoms with Gasteiger partial charge in [-0.15, -0.1) is 10.2 Å².